The van der Waals surface area contributed by atoms with Crippen LogP contribution >= 0.6 is 0 Å². The van der Waals surface area contributed by atoms with Crippen LogP contribution in [0.3, 0.4) is 0 Å². The molecule has 0 aromatic rings. The Morgan fingerprint density at radius 3 is 1.70 bits per heavy atom. The van der Waals surface area contributed by atoms with Crippen molar-refractivity contribution in [1.29, 1.82) is 0 Å². The van der Waals surface area contributed by atoms with Crippen LogP contribution in [0, 0.1) is 5.92 Å². The van der Waals surface area contributed by atoms with Crippen molar-refractivity contribution in [2.45, 2.75) is 129 Å². The zero-order valence-electron chi connectivity index (χ0n) is 19.8. The molecule has 0 radical (unpaired) electrons. The number of carboxylic acid groups (broad SMARTS) is 1. The summed E-state index contributed by atoms with van der Waals surface area (Å²) in [5.41, 5.74) is 0. The van der Waals surface area contributed by atoms with Crippen molar-refractivity contribution in [3.8, 4) is 0 Å². The standard InChI is InChI=1S/C26H48O4/c1-3-5-6-7-8-9-10-11-12-13-14-15-16-17-18-19-20-21-24(23-25(27)28)26(29)30-22-4-2/h19-20,24H,3-18,21-23H2,1-2H3,(H,27,28)/b20-19+. The van der Waals surface area contributed by atoms with Gasteiger partial charge in [0.2, 0.25) is 0 Å². The van der Waals surface area contributed by atoms with Gasteiger partial charge in [0.1, 0.15) is 0 Å². The molecule has 0 amide bonds. The van der Waals surface area contributed by atoms with Gasteiger partial charge >= 0.3 is 11.9 Å². The van der Waals surface area contributed by atoms with E-state index in [1.165, 1.54) is 83.5 Å². The lowest BCUT2D eigenvalue weighted by atomic mass is 10.0. The number of esters is 1. The number of allylic oxidation sites excluding steroid dienone is 2. The Balaban J connectivity index is 3.56. The second kappa shape index (κ2) is 22.4. The van der Waals surface area contributed by atoms with Gasteiger partial charge in [-0.1, -0.05) is 109 Å². The quantitative estimate of drug-likeness (QED) is 0.109. The molecule has 0 aromatic heterocycles. The summed E-state index contributed by atoms with van der Waals surface area (Å²) in [6.45, 7) is 4.55. The molecule has 0 heterocycles. The van der Waals surface area contributed by atoms with Crippen LogP contribution in [-0.2, 0) is 14.3 Å². The van der Waals surface area contributed by atoms with Crippen molar-refractivity contribution in [2.75, 3.05) is 6.61 Å². The number of rotatable bonds is 22. The molecule has 0 spiro atoms. The average molecular weight is 425 g/mol. The molecule has 0 bridgehead atoms. The van der Waals surface area contributed by atoms with Crippen LogP contribution in [0.4, 0.5) is 0 Å². The van der Waals surface area contributed by atoms with E-state index in [1.54, 1.807) is 0 Å². The molecule has 0 aliphatic carbocycles. The molecular weight excluding hydrogens is 376 g/mol. The van der Waals surface area contributed by atoms with Gasteiger partial charge in [0.25, 0.3) is 0 Å². The third kappa shape index (κ3) is 20.0. The second-order valence-electron chi connectivity index (χ2n) is 8.55. The van der Waals surface area contributed by atoms with Crippen molar-refractivity contribution in [3.05, 3.63) is 12.2 Å². The van der Waals surface area contributed by atoms with Crippen LogP contribution in [0.25, 0.3) is 0 Å². The van der Waals surface area contributed by atoms with E-state index in [0.717, 1.165) is 19.3 Å². The summed E-state index contributed by atoms with van der Waals surface area (Å²) in [6, 6.07) is 0. The van der Waals surface area contributed by atoms with Gasteiger partial charge in [-0.05, 0) is 25.7 Å². The first-order valence-electron chi connectivity index (χ1n) is 12.6. The Labute approximate surface area is 185 Å². The molecular formula is C26H48O4. The maximum absolute atomic E-state index is 11.9. The second-order valence-corrected chi connectivity index (χ2v) is 8.55. The van der Waals surface area contributed by atoms with E-state index in [4.69, 9.17) is 9.84 Å². The number of aliphatic carboxylic acids is 1. The molecule has 1 N–H and O–H groups in total. The van der Waals surface area contributed by atoms with Crippen LogP contribution in [-0.4, -0.2) is 23.7 Å². The van der Waals surface area contributed by atoms with Crippen molar-refractivity contribution in [1.82, 2.24) is 0 Å². The SMILES string of the molecule is CCCCCCCCCCCCCCCC/C=C/CC(CC(=O)O)C(=O)OCCC. The number of carboxylic acids is 1. The number of ether oxygens (including phenoxy) is 1. The van der Waals surface area contributed by atoms with Gasteiger partial charge in [-0.15, -0.1) is 0 Å². The molecule has 1 atom stereocenters. The zero-order chi connectivity index (χ0) is 22.3. The first kappa shape index (κ1) is 28.7. The molecule has 0 aliphatic rings. The predicted octanol–water partition coefficient (Wildman–Crippen LogP) is 7.85. The monoisotopic (exact) mass is 424 g/mol. The summed E-state index contributed by atoms with van der Waals surface area (Å²) in [5.74, 6) is -1.91. The Bertz CT molecular complexity index is 431. The number of hydrogen-bond acceptors (Lipinski definition) is 3. The Kier molecular flexibility index (Phi) is 21.4. The van der Waals surface area contributed by atoms with Gasteiger partial charge in [0.15, 0.2) is 0 Å². The van der Waals surface area contributed by atoms with Crippen molar-refractivity contribution < 1.29 is 19.4 Å². The average Bonchev–Trinajstić information content (AvgIpc) is 2.73. The number of hydrogen-bond donors (Lipinski definition) is 1. The highest BCUT2D eigenvalue weighted by molar-refractivity contribution is 5.79. The van der Waals surface area contributed by atoms with E-state index in [9.17, 15) is 9.59 Å². The van der Waals surface area contributed by atoms with Gasteiger partial charge in [-0.25, -0.2) is 0 Å². The topological polar surface area (TPSA) is 63.6 Å². The fraction of sp³-hybridized carbons (Fsp3) is 0.846. The maximum Gasteiger partial charge on any atom is 0.309 e. The molecule has 1 unspecified atom stereocenters. The Morgan fingerprint density at radius 2 is 1.23 bits per heavy atom. The van der Waals surface area contributed by atoms with Crippen LogP contribution in [0.1, 0.15) is 129 Å². The molecule has 176 valence electrons. The minimum Gasteiger partial charge on any atom is -0.481 e. The molecule has 0 saturated carbocycles. The molecule has 0 fully saturated rings. The first-order valence-corrected chi connectivity index (χ1v) is 12.6. The highest BCUT2D eigenvalue weighted by Crippen LogP contribution is 2.15. The summed E-state index contributed by atoms with van der Waals surface area (Å²) in [4.78, 5) is 22.9. The molecule has 0 saturated heterocycles. The van der Waals surface area contributed by atoms with E-state index in [0.29, 0.717) is 13.0 Å². The van der Waals surface area contributed by atoms with E-state index in [1.807, 2.05) is 13.0 Å². The first-order chi connectivity index (χ1) is 14.6. The van der Waals surface area contributed by atoms with Gasteiger partial charge in [-0.2, -0.15) is 0 Å². The smallest absolute Gasteiger partial charge is 0.309 e. The van der Waals surface area contributed by atoms with E-state index in [-0.39, 0.29) is 12.4 Å². The van der Waals surface area contributed by atoms with Crippen molar-refractivity contribution >= 4 is 11.9 Å². The third-order valence-corrected chi connectivity index (χ3v) is 5.51. The summed E-state index contributed by atoms with van der Waals surface area (Å²) < 4.78 is 5.10. The number of carbonyl (C=O) groups is 2. The molecule has 0 aliphatic heterocycles. The van der Waals surface area contributed by atoms with Crippen molar-refractivity contribution in [2.24, 2.45) is 5.92 Å². The van der Waals surface area contributed by atoms with Crippen molar-refractivity contribution in [3.63, 3.8) is 0 Å². The lowest BCUT2D eigenvalue weighted by molar-refractivity contribution is -0.153. The van der Waals surface area contributed by atoms with Gasteiger partial charge in [-0.3, -0.25) is 9.59 Å². The van der Waals surface area contributed by atoms with Crippen LogP contribution in [0.2, 0.25) is 0 Å². The Hall–Kier alpha value is -1.32. The van der Waals surface area contributed by atoms with E-state index in [2.05, 4.69) is 13.0 Å². The van der Waals surface area contributed by atoms with Gasteiger partial charge in [0.05, 0.1) is 18.9 Å². The fourth-order valence-corrected chi connectivity index (χ4v) is 3.63. The van der Waals surface area contributed by atoms with Crippen LogP contribution in [0.5, 0.6) is 0 Å². The van der Waals surface area contributed by atoms with Crippen LogP contribution in [0.15, 0.2) is 12.2 Å². The summed E-state index contributed by atoms with van der Waals surface area (Å²) in [6.07, 6.45) is 25.1. The number of unbranched alkanes of at least 4 members (excludes halogenated alkanes) is 14. The van der Waals surface area contributed by atoms with Crippen LogP contribution < -0.4 is 0 Å². The predicted molar refractivity (Wildman–Crippen MR) is 126 cm³/mol. The fourth-order valence-electron chi connectivity index (χ4n) is 3.63. The third-order valence-electron chi connectivity index (χ3n) is 5.51. The normalized spacial score (nSPS) is 12.3. The van der Waals surface area contributed by atoms with Gasteiger partial charge < -0.3 is 9.84 Å². The molecule has 4 heteroatoms. The van der Waals surface area contributed by atoms with E-state index < -0.39 is 11.9 Å². The van der Waals surface area contributed by atoms with Gasteiger partial charge in [0, 0.05) is 0 Å². The molecule has 30 heavy (non-hydrogen) atoms. The minimum absolute atomic E-state index is 0.161. The minimum atomic E-state index is -0.950. The highest BCUT2D eigenvalue weighted by atomic mass is 16.5. The zero-order valence-corrected chi connectivity index (χ0v) is 19.8. The largest absolute Gasteiger partial charge is 0.481 e. The Morgan fingerprint density at radius 1 is 0.733 bits per heavy atom. The lowest BCUT2D eigenvalue weighted by Gasteiger charge is -2.11. The number of carbonyl (C=O) groups excluding carboxylic acids is 1. The summed E-state index contributed by atoms with van der Waals surface area (Å²) in [5, 5.41) is 8.97. The molecule has 0 rings (SSSR count). The molecule has 4 nitrogen and oxygen atoms in total. The maximum atomic E-state index is 11.9. The highest BCUT2D eigenvalue weighted by Gasteiger charge is 2.21. The summed E-state index contributed by atoms with van der Waals surface area (Å²) >= 11 is 0. The lowest BCUT2D eigenvalue weighted by Crippen LogP contribution is -2.20. The van der Waals surface area contributed by atoms with E-state index >= 15 is 0 Å². The molecule has 0 aromatic carbocycles. The summed E-state index contributed by atoms with van der Waals surface area (Å²) in [7, 11) is 0.